The van der Waals surface area contributed by atoms with Crippen LogP contribution in [0, 0.1) is 5.92 Å². The quantitative estimate of drug-likeness (QED) is 0.552. The number of hydrogen-bond donors (Lipinski definition) is 1. The van der Waals surface area contributed by atoms with Gasteiger partial charge in [0.05, 0.1) is 19.1 Å². The first-order valence-corrected chi connectivity index (χ1v) is 8.97. The van der Waals surface area contributed by atoms with Gasteiger partial charge in [-0.1, -0.05) is 30.3 Å². The molecule has 0 fully saturated rings. The van der Waals surface area contributed by atoms with E-state index in [0.29, 0.717) is 6.42 Å². The minimum atomic E-state index is -0.880. The topological polar surface area (TPSA) is 90.9 Å². The Balaban J connectivity index is 2.94. The molecule has 0 aliphatic rings. The van der Waals surface area contributed by atoms with Gasteiger partial charge in [-0.15, -0.1) is 0 Å². The number of nitrogens with one attached hydrogen (secondary N) is 1. The monoisotopic (exact) mass is 379 g/mol. The minimum Gasteiger partial charge on any atom is -0.466 e. The highest BCUT2D eigenvalue weighted by atomic mass is 16.6. The Kier molecular flexibility index (Phi) is 8.78. The molecule has 2 atom stereocenters. The summed E-state index contributed by atoms with van der Waals surface area (Å²) in [6.45, 7) is 8.33. The molecule has 0 aliphatic heterocycles. The van der Waals surface area contributed by atoms with Crippen molar-refractivity contribution in [2.24, 2.45) is 5.92 Å². The summed E-state index contributed by atoms with van der Waals surface area (Å²) in [5.74, 6) is -1.79. The Bertz CT molecular complexity index is 623. The van der Waals surface area contributed by atoms with Gasteiger partial charge in [-0.2, -0.15) is 0 Å². The van der Waals surface area contributed by atoms with Gasteiger partial charge in [0, 0.05) is 6.92 Å². The number of carbonyl (C=O) groups is 3. The summed E-state index contributed by atoms with van der Waals surface area (Å²) < 4.78 is 15.7. The van der Waals surface area contributed by atoms with Crippen LogP contribution in [0.25, 0.3) is 0 Å². The van der Waals surface area contributed by atoms with Crippen LogP contribution in [-0.4, -0.2) is 42.9 Å². The third-order valence-corrected chi connectivity index (χ3v) is 3.50. The summed E-state index contributed by atoms with van der Waals surface area (Å²) in [6.07, 6.45) is -1.22. The van der Waals surface area contributed by atoms with E-state index in [0.717, 1.165) is 5.56 Å². The molecule has 1 aromatic carbocycles. The van der Waals surface area contributed by atoms with Gasteiger partial charge in [0.1, 0.15) is 11.7 Å². The predicted molar refractivity (Wildman–Crippen MR) is 100 cm³/mol. The Morgan fingerprint density at radius 3 is 2.26 bits per heavy atom. The highest BCUT2D eigenvalue weighted by Crippen LogP contribution is 2.18. The maximum Gasteiger partial charge on any atom is 0.407 e. The standard InChI is InChI=1S/C20H29NO6/c1-6-25-18(23)16(12-15-10-8-7-9-11-15)17(26-14(2)22)13-21-19(24)27-20(3,4)5/h7-11,16-17H,6,12-13H2,1-5H3,(H,21,24)/t16-,17+/m1/s1. The lowest BCUT2D eigenvalue weighted by molar-refractivity contribution is -0.160. The average Bonchev–Trinajstić information content (AvgIpc) is 2.56. The first kappa shape index (κ1) is 22.5. The van der Waals surface area contributed by atoms with Gasteiger partial charge >= 0.3 is 18.0 Å². The lowest BCUT2D eigenvalue weighted by atomic mass is 9.93. The van der Waals surface area contributed by atoms with Crippen molar-refractivity contribution in [3.63, 3.8) is 0 Å². The molecule has 0 spiro atoms. The third kappa shape index (κ3) is 9.08. The van der Waals surface area contributed by atoms with Crippen molar-refractivity contribution in [2.45, 2.75) is 52.7 Å². The van der Waals surface area contributed by atoms with Gasteiger partial charge < -0.3 is 19.5 Å². The van der Waals surface area contributed by atoms with Crippen molar-refractivity contribution in [2.75, 3.05) is 13.2 Å². The SMILES string of the molecule is CCOC(=O)[C@H](Cc1ccccc1)[C@H](CNC(=O)OC(C)(C)C)OC(C)=O. The van der Waals surface area contributed by atoms with Crippen molar-refractivity contribution in [3.8, 4) is 0 Å². The molecule has 0 radical (unpaired) electrons. The van der Waals surface area contributed by atoms with Crippen molar-refractivity contribution in [1.29, 1.82) is 0 Å². The largest absolute Gasteiger partial charge is 0.466 e. The van der Waals surface area contributed by atoms with E-state index in [1.807, 2.05) is 30.3 Å². The van der Waals surface area contributed by atoms with Gasteiger partial charge in [-0.3, -0.25) is 9.59 Å². The molecule has 1 rings (SSSR count). The molecule has 0 unspecified atom stereocenters. The van der Waals surface area contributed by atoms with Crippen LogP contribution in [0.2, 0.25) is 0 Å². The minimum absolute atomic E-state index is 0.0647. The van der Waals surface area contributed by atoms with E-state index in [1.165, 1.54) is 6.92 Å². The van der Waals surface area contributed by atoms with Gasteiger partial charge in [0.15, 0.2) is 0 Å². The van der Waals surface area contributed by atoms with Gasteiger partial charge in [-0.25, -0.2) is 4.79 Å². The second-order valence-electron chi connectivity index (χ2n) is 7.08. The second-order valence-corrected chi connectivity index (χ2v) is 7.08. The van der Waals surface area contributed by atoms with E-state index < -0.39 is 35.7 Å². The van der Waals surface area contributed by atoms with Crippen molar-refractivity contribution in [1.82, 2.24) is 5.32 Å². The van der Waals surface area contributed by atoms with E-state index in [1.54, 1.807) is 27.7 Å². The molecule has 0 saturated heterocycles. The van der Waals surface area contributed by atoms with Crippen LogP contribution in [0.1, 0.15) is 40.2 Å². The number of rotatable bonds is 8. The number of hydrogen-bond acceptors (Lipinski definition) is 6. The molecule has 7 heteroatoms. The van der Waals surface area contributed by atoms with Crippen LogP contribution in [0.15, 0.2) is 30.3 Å². The van der Waals surface area contributed by atoms with E-state index in [-0.39, 0.29) is 13.2 Å². The van der Waals surface area contributed by atoms with Crippen LogP contribution < -0.4 is 5.32 Å². The van der Waals surface area contributed by atoms with Gasteiger partial charge in [0.2, 0.25) is 0 Å². The Morgan fingerprint density at radius 2 is 1.74 bits per heavy atom. The molecule has 0 bridgehead atoms. The van der Waals surface area contributed by atoms with Crippen LogP contribution in [0.3, 0.4) is 0 Å². The number of alkyl carbamates (subject to hydrolysis) is 1. The molecular formula is C20H29NO6. The molecule has 1 amide bonds. The Labute approximate surface area is 160 Å². The molecule has 0 saturated carbocycles. The lowest BCUT2D eigenvalue weighted by Gasteiger charge is -2.26. The van der Waals surface area contributed by atoms with Crippen molar-refractivity contribution >= 4 is 18.0 Å². The zero-order chi connectivity index (χ0) is 20.4. The fourth-order valence-corrected chi connectivity index (χ4v) is 2.46. The molecule has 7 nitrogen and oxygen atoms in total. The first-order valence-electron chi connectivity index (χ1n) is 8.97. The van der Waals surface area contributed by atoms with Crippen LogP contribution in [-0.2, 0) is 30.2 Å². The summed E-state index contributed by atoms with van der Waals surface area (Å²) in [7, 11) is 0. The predicted octanol–water partition coefficient (Wildman–Crippen LogP) is 2.86. The molecule has 0 aromatic heterocycles. The van der Waals surface area contributed by atoms with Crippen LogP contribution in [0.5, 0.6) is 0 Å². The van der Waals surface area contributed by atoms with Gasteiger partial charge in [0.25, 0.3) is 0 Å². The number of ether oxygens (including phenoxy) is 3. The fraction of sp³-hybridized carbons (Fsp3) is 0.550. The lowest BCUT2D eigenvalue weighted by Crippen LogP contribution is -2.44. The third-order valence-electron chi connectivity index (χ3n) is 3.50. The summed E-state index contributed by atoms with van der Waals surface area (Å²) in [5, 5.41) is 2.56. The highest BCUT2D eigenvalue weighted by Gasteiger charge is 2.33. The summed E-state index contributed by atoms with van der Waals surface area (Å²) in [4.78, 5) is 36.0. The molecule has 150 valence electrons. The van der Waals surface area contributed by atoms with Gasteiger partial charge in [-0.05, 0) is 39.7 Å². The maximum absolute atomic E-state index is 12.5. The smallest absolute Gasteiger partial charge is 0.407 e. The van der Waals surface area contributed by atoms with E-state index in [9.17, 15) is 14.4 Å². The molecular weight excluding hydrogens is 350 g/mol. The van der Waals surface area contributed by atoms with E-state index in [4.69, 9.17) is 14.2 Å². The number of benzene rings is 1. The molecule has 1 N–H and O–H groups in total. The van der Waals surface area contributed by atoms with Crippen molar-refractivity contribution in [3.05, 3.63) is 35.9 Å². The normalized spacial score (nSPS) is 13.2. The van der Waals surface area contributed by atoms with Crippen molar-refractivity contribution < 1.29 is 28.6 Å². The Hall–Kier alpha value is -2.57. The van der Waals surface area contributed by atoms with E-state index in [2.05, 4.69) is 5.32 Å². The molecule has 1 aromatic rings. The molecule has 27 heavy (non-hydrogen) atoms. The maximum atomic E-state index is 12.5. The summed E-state index contributed by atoms with van der Waals surface area (Å²) in [5.41, 5.74) is 0.232. The summed E-state index contributed by atoms with van der Waals surface area (Å²) >= 11 is 0. The highest BCUT2D eigenvalue weighted by molar-refractivity contribution is 5.75. The number of amides is 1. The zero-order valence-electron chi connectivity index (χ0n) is 16.6. The average molecular weight is 379 g/mol. The van der Waals surface area contributed by atoms with Crippen LogP contribution in [0.4, 0.5) is 4.79 Å². The summed E-state index contributed by atoms with van der Waals surface area (Å²) in [6, 6.07) is 9.34. The van der Waals surface area contributed by atoms with E-state index >= 15 is 0 Å². The molecule has 0 aliphatic carbocycles. The van der Waals surface area contributed by atoms with Crippen LogP contribution >= 0.6 is 0 Å². The Morgan fingerprint density at radius 1 is 1.11 bits per heavy atom. The second kappa shape index (κ2) is 10.5. The number of carbonyl (C=O) groups excluding carboxylic acids is 3. The zero-order valence-corrected chi connectivity index (χ0v) is 16.6. The fourth-order valence-electron chi connectivity index (χ4n) is 2.46. The first-order chi connectivity index (χ1) is 12.6. The number of esters is 2. The molecule has 0 heterocycles.